The summed E-state index contributed by atoms with van der Waals surface area (Å²) in [6, 6.07) is 0.151. The van der Waals surface area contributed by atoms with Crippen LogP contribution in [0.4, 0.5) is 4.79 Å². The van der Waals surface area contributed by atoms with E-state index in [4.69, 9.17) is 11.2 Å². The molecule has 0 aromatic heterocycles. The quantitative estimate of drug-likeness (QED) is 0.720. The molecule has 0 spiro atoms. The number of rotatable bonds is 5. The van der Waals surface area contributed by atoms with E-state index in [2.05, 4.69) is 30.4 Å². The minimum Gasteiger partial charge on any atom is -0.444 e. The molecule has 98 valence electrons. The maximum absolute atomic E-state index is 11.5. The van der Waals surface area contributed by atoms with Crippen molar-refractivity contribution in [3.63, 3.8) is 0 Å². The fourth-order valence-electron chi connectivity index (χ4n) is 1.24. The van der Waals surface area contributed by atoms with E-state index in [1.165, 1.54) is 0 Å². The lowest BCUT2D eigenvalue weighted by molar-refractivity contribution is 0.0520. The number of amides is 1. The van der Waals surface area contributed by atoms with Crippen LogP contribution in [-0.4, -0.2) is 30.8 Å². The van der Waals surface area contributed by atoms with Crippen molar-refractivity contribution in [1.29, 1.82) is 0 Å². The lowest BCUT2D eigenvalue weighted by atomic mass is 10.0. The molecular formula is C13H24N2O2. The lowest BCUT2D eigenvalue weighted by Crippen LogP contribution is -2.45. The molecule has 0 aliphatic rings. The summed E-state index contributed by atoms with van der Waals surface area (Å²) in [6.45, 7) is 10.7. The third-order valence-corrected chi connectivity index (χ3v) is 2.14. The highest BCUT2D eigenvalue weighted by Crippen LogP contribution is 2.07. The van der Waals surface area contributed by atoms with E-state index < -0.39 is 11.7 Å². The number of hydrogen-bond acceptors (Lipinski definition) is 3. The average Bonchev–Trinajstić information content (AvgIpc) is 2.14. The largest absolute Gasteiger partial charge is 0.444 e. The molecule has 0 rings (SSSR count). The molecule has 0 fully saturated rings. The summed E-state index contributed by atoms with van der Waals surface area (Å²) in [5, 5.41) is 5.92. The van der Waals surface area contributed by atoms with Crippen molar-refractivity contribution in [3.8, 4) is 12.3 Å². The molecular weight excluding hydrogens is 216 g/mol. The van der Waals surface area contributed by atoms with Gasteiger partial charge in [0.2, 0.25) is 0 Å². The average molecular weight is 240 g/mol. The van der Waals surface area contributed by atoms with Gasteiger partial charge >= 0.3 is 6.09 Å². The Labute approximate surface area is 104 Å². The first-order chi connectivity index (χ1) is 7.76. The highest BCUT2D eigenvalue weighted by Gasteiger charge is 2.18. The van der Waals surface area contributed by atoms with Crippen LogP contribution in [0, 0.1) is 18.3 Å². The number of ether oxygens (including phenoxy) is 1. The third kappa shape index (κ3) is 8.58. The van der Waals surface area contributed by atoms with Crippen LogP contribution in [0.1, 0.15) is 34.6 Å². The maximum atomic E-state index is 11.5. The van der Waals surface area contributed by atoms with Crippen LogP contribution in [0.15, 0.2) is 0 Å². The molecule has 0 aliphatic heterocycles. The topological polar surface area (TPSA) is 50.4 Å². The van der Waals surface area contributed by atoms with Crippen molar-refractivity contribution in [3.05, 3.63) is 0 Å². The molecule has 0 aromatic carbocycles. The van der Waals surface area contributed by atoms with Gasteiger partial charge in [-0.2, -0.15) is 0 Å². The minimum absolute atomic E-state index is 0.151. The zero-order chi connectivity index (χ0) is 13.5. The van der Waals surface area contributed by atoms with Crippen molar-refractivity contribution >= 4 is 6.09 Å². The van der Waals surface area contributed by atoms with E-state index >= 15 is 0 Å². The Hall–Kier alpha value is -1.21. The number of hydrogen-bond donors (Lipinski definition) is 2. The molecule has 17 heavy (non-hydrogen) atoms. The molecule has 4 nitrogen and oxygen atoms in total. The molecule has 0 saturated carbocycles. The minimum atomic E-state index is -0.469. The Kier molecular flexibility index (Phi) is 6.67. The molecule has 1 unspecified atom stereocenters. The summed E-state index contributed by atoms with van der Waals surface area (Å²) in [6.07, 6.45) is 4.79. The molecule has 0 aliphatic carbocycles. The molecule has 4 heteroatoms. The molecule has 1 atom stereocenters. The van der Waals surface area contributed by atoms with Gasteiger partial charge in [-0.1, -0.05) is 19.8 Å². The molecule has 0 radical (unpaired) electrons. The predicted octanol–water partition coefficient (Wildman–Crippen LogP) is 1.76. The second-order valence-corrected chi connectivity index (χ2v) is 5.32. The first-order valence-corrected chi connectivity index (χ1v) is 5.90. The van der Waals surface area contributed by atoms with Gasteiger partial charge in [0, 0.05) is 12.6 Å². The zero-order valence-corrected chi connectivity index (χ0v) is 11.5. The van der Waals surface area contributed by atoms with Gasteiger partial charge in [0.25, 0.3) is 0 Å². The highest BCUT2D eigenvalue weighted by molar-refractivity contribution is 5.67. The molecule has 0 aromatic rings. The van der Waals surface area contributed by atoms with Gasteiger partial charge < -0.3 is 15.4 Å². The highest BCUT2D eigenvalue weighted by atomic mass is 16.6. The summed E-state index contributed by atoms with van der Waals surface area (Å²) in [5.41, 5.74) is -0.469. The van der Waals surface area contributed by atoms with E-state index in [-0.39, 0.29) is 6.04 Å². The summed E-state index contributed by atoms with van der Waals surface area (Å²) in [4.78, 5) is 11.5. The normalized spacial score (nSPS) is 13.0. The summed E-state index contributed by atoms with van der Waals surface area (Å²) < 4.78 is 5.15. The summed E-state index contributed by atoms with van der Waals surface area (Å²) in [7, 11) is 0. The van der Waals surface area contributed by atoms with Gasteiger partial charge in [-0.05, 0) is 26.7 Å². The molecule has 0 saturated heterocycles. The van der Waals surface area contributed by atoms with Crippen LogP contribution >= 0.6 is 0 Å². The summed E-state index contributed by atoms with van der Waals surface area (Å²) >= 11 is 0. The van der Waals surface area contributed by atoms with Crippen molar-refractivity contribution < 1.29 is 9.53 Å². The Morgan fingerprint density at radius 2 is 2.00 bits per heavy atom. The van der Waals surface area contributed by atoms with Crippen molar-refractivity contribution in [2.45, 2.75) is 46.3 Å². The standard InChI is InChI=1S/C13H24N2O2/c1-7-8-14-11(10(2)3)9-15-12(16)17-13(4,5)6/h1,10-11,14H,8-9H2,2-6H3,(H,15,16). The van der Waals surface area contributed by atoms with Gasteiger partial charge in [0.15, 0.2) is 0 Å². The predicted molar refractivity (Wildman–Crippen MR) is 69.7 cm³/mol. The second kappa shape index (κ2) is 7.18. The Morgan fingerprint density at radius 3 is 2.41 bits per heavy atom. The van der Waals surface area contributed by atoms with Gasteiger partial charge in [-0.3, -0.25) is 0 Å². The van der Waals surface area contributed by atoms with Crippen LogP contribution in [0.5, 0.6) is 0 Å². The monoisotopic (exact) mass is 240 g/mol. The number of carbonyl (C=O) groups is 1. The van der Waals surface area contributed by atoms with Crippen LogP contribution < -0.4 is 10.6 Å². The van der Waals surface area contributed by atoms with E-state index in [0.717, 1.165) is 0 Å². The van der Waals surface area contributed by atoms with E-state index in [1.54, 1.807) is 0 Å². The first-order valence-electron chi connectivity index (χ1n) is 5.90. The van der Waals surface area contributed by atoms with Crippen LogP contribution in [-0.2, 0) is 4.74 Å². The van der Waals surface area contributed by atoms with E-state index in [9.17, 15) is 4.79 Å². The van der Waals surface area contributed by atoms with Gasteiger partial charge in [0.05, 0.1) is 6.54 Å². The number of alkyl carbamates (subject to hydrolysis) is 1. The van der Waals surface area contributed by atoms with Crippen molar-refractivity contribution in [2.24, 2.45) is 5.92 Å². The second-order valence-electron chi connectivity index (χ2n) is 5.32. The Morgan fingerprint density at radius 1 is 1.41 bits per heavy atom. The number of terminal acetylenes is 1. The van der Waals surface area contributed by atoms with Crippen molar-refractivity contribution in [1.82, 2.24) is 10.6 Å². The molecule has 0 heterocycles. The number of nitrogens with one attached hydrogen (secondary N) is 2. The van der Waals surface area contributed by atoms with Crippen LogP contribution in [0.25, 0.3) is 0 Å². The van der Waals surface area contributed by atoms with Gasteiger partial charge in [-0.15, -0.1) is 6.42 Å². The SMILES string of the molecule is C#CCNC(CNC(=O)OC(C)(C)C)C(C)C. The molecule has 1 amide bonds. The molecule has 2 N–H and O–H groups in total. The van der Waals surface area contributed by atoms with Crippen molar-refractivity contribution in [2.75, 3.05) is 13.1 Å². The van der Waals surface area contributed by atoms with E-state index in [0.29, 0.717) is 19.0 Å². The van der Waals surface area contributed by atoms with Gasteiger partial charge in [0.1, 0.15) is 5.60 Å². The van der Waals surface area contributed by atoms with Crippen LogP contribution in [0.3, 0.4) is 0 Å². The zero-order valence-electron chi connectivity index (χ0n) is 11.5. The fraction of sp³-hybridized carbons (Fsp3) is 0.769. The lowest BCUT2D eigenvalue weighted by Gasteiger charge is -2.24. The Bertz CT molecular complexity index is 274. The van der Waals surface area contributed by atoms with Crippen LogP contribution in [0.2, 0.25) is 0 Å². The smallest absolute Gasteiger partial charge is 0.407 e. The summed E-state index contributed by atoms with van der Waals surface area (Å²) in [5.74, 6) is 2.91. The van der Waals surface area contributed by atoms with E-state index in [1.807, 2.05) is 20.8 Å². The fourth-order valence-corrected chi connectivity index (χ4v) is 1.24. The third-order valence-electron chi connectivity index (χ3n) is 2.14. The Balaban J connectivity index is 4.05. The number of carbonyl (C=O) groups excluding carboxylic acids is 1. The first kappa shape index (κ1) is 15.8. The maximum Gasteiger partial charge on any atom is 0.407 e. The molecule has 0 bridgehead atoms. The van der Waals surface area contributed by atoms with Gasteiger partial charge in [-0.25, -0.2) is 4.79 Å².